The summed E-state index contributed by atoms with van der Waals surface area (Å²) >= 11 is 0. The molecule has 0 aromatic carbocycles. The lowest BCUT2D eigenvalue weighted by atomic mass is 9.92. The molecule has 0 unspecified atom stereocenters. The Morgan fingerprint density at radius 1 is 0.733 bits per heavy atom. The summed E-state index contributed by atoms with van der Waals surface area (Å²) in [5.41, 5.74) is -1.64. The largest absolute Gasteiger partial charge is 0.406 e. The molecule has 0 atom stereocenters. The molecule has 0 aliphatic heterocycles. The lowest BCUT2D eigenvalue weighted by molar-refractivity contribution is -0.165. The minimum Gasteiger partial charge on any atom is -0.380 e. The van der Waals surface area contributed by atoms with Gasteiger partial charge in [0.15, 0.2) is 0 Å². The first-order chi connectivity index (χ1) is 13.3. The number of nitrogens with zero attached hydrogens (tertiary/aromatic N) is 2. The third kappa shape index (κ3) is 12.9. The van der Waals surface area contributed by atoms with Crippen LogP contribution in [0.2, 0.25) is 0 Å². The Hall–Kier alpha value is -1.52. The van der Waals surface area contributed by atoms with Gasteiger partial charge in [-0.15, -0.1) is 0 Å². The maximum absolute atomic E-state index is 12.8. The van der Waals surface area contributed by atoms with Gasteiger partial charge in [-0.1, -0.05) is 34.6 Å². The second kappa shape index (κ2) is 10.7. The number of alkyl halides is 6. The van der Waals surface area contributed by atoms with Crippen molar-refractivity contribution < 1.29 is 40.7 Å². The first-order valence-electron chi connectivity index (χ1n) is 9.51. The second-order valence-electron chi connectivity index (χ2n) is 9.03. The monoisotopic (exact) mass is 450 g/mol. The van der Waals surface area contributed by atoms with Gasteiger partial charge in [-0.3, -0.25) is 9.59 Å². The Morgan fingerprint density at radius 3 is 1.43 bits per heavy atom. The molecule has 0 heterocycles. The van der Waals surface area contributed by atoms with E-state index in [0.717, 1.165) is 11.8 Å². The summed E-state index contributed by atoms with van der Waals surface area (Å²) in [5, 5.41) is 0. The van der Waals surface area contributed by atoms with E-state index in [1.807, 2.05) is 0 Å². The zero-order chi connectivity index (χ0) is 24.0. The van der Waals surface area contributed by atoms with Crippen LogP contribution in [0, 0.1) is 10.8 Å². The number of hydrogen-bond donors (Lipinski definition) is 0. The van der Waals surface area contributed by atoms with Crippen LogP contribution in [-0.2, 0) is 14.3 Å². The first kappa shape index (κ1) is 28.5. The molecule has 30 heavy (non-hydrogen) atoms. The number of amides is 2. The van der Waals surface area contributed by atoms with Crippen molar-refractivity contribution >= 4 is 11.8 Å². The van der Waals surface area contributed by atoms with Crippen LogP contribution >= 0.6 is 0 Å². The van der Waals surface area contributed by atoms with Crippen molar-refractivity contribution in [3.63, 3.8) is 0 Å². The number of carbonyl (C=O) groups excluding carboxylic acids is 2. The highest BCUT2D eigenvalue weighted by molar-refractivity contribution is 5.76. The lowest BCUT2D eigenvalue weighted by Crippen LogP contribution is -2.46. The van der Waals surface area contributed by atoms with Crippen molar-refractivity contribution in [1.82, 2.24) is 9.80 Å². The third-order valence-electron chi connectivity index (χ3n) is 4.06. The topological polar surface area (TPSA) is 49.9 Å². The van der Waals surface area contributed by atoms with Gasteiger partial charge in [-0.25, -0.2) is 0 Å². The highest BCUT2D eigenvalue weighted by Crippen LogP contribution is 2.26. The quantitative estimate of drug-likeness (QED) is 0.442. The van der Waals surface area contributed by atoms with Gasteiger partial charge in [0.05, 0.1) is 13.2 Å². The summed E-state index contributed by atoms with van der Waals surface area (Å²) in [6, 6.07) is 0. The summed E-state index contributed by atoms with van der Waals surface area (Å²) < 4.78 is 81.8. The van der Waals surface area contributed by atoms with Crippen LogP contribution in [0.5, 0.6) is 0 Å². The molecule has 0 saturated carbocycles. The minimum atomic E-state index is -4.53. The highest BCUT2D eigenvalue weighted by Gasteiger charge is 2.37. The number of rotatable bonds is 11. The average molecular weight is 450 g/mol. The number of carbonyl (C=O) groups is 2. The summed E-state index contributed by atoms with van der Waals surface area (Å²) in [7, 11) is 0. The summed E-state index contributed by atoms with van der Waals surface area (Å²) in [6.07, 6.45) is -9.13. The smallest absolute Gasteiger partial charge is 0.380 e. The Labute approximate surface area is 173 Å². The van der Waals surface area contributed by atoms with Crippen molar-refractivity contribution in [2.45, 2.75) is 60.3 Å². The number of hydrogen-bond acceptors (Lipinski definition) is 3. The molecule has 0 radical (unpaired) electrons. The van der Waals surface area contributed by atoms with E-state index in [-0.39, 0.29) is 32.7 Å². The summed E-state index contributed by atoms with van der Waals surface area (Å²) in [6.45, 7) is 5.90. The molecule has 0 fully saturated rings. The third-order valence-corrected chi connectivity index (χ3v) is 4.06. The van der Waals surface area contributed by atoms with Gasteiger partial charge < -0.3 is 14.5 Å². The van der Waals surface area contributed by atoms with E-state index in [2.05, 4.69) is 0 Å². The fourth-order valence-corrected chi connectivity index (χ4v) is 2.90. The van der Waals surface area contributed by atoms with Gasteiger partial charge in [-0.2, -0.15) is 26.3 Å². The van der Waals surface area contributed by atoms with Crippen molar-refractivity contribution in [2.75, 3.05) is 39.4 Å². The molecular weight excluding hydrogens is 418 g/mol. The van der Waals surface area contributed by atoms with Gasteiger partial charge in [0.1, 0.15) is 13.1 Å². The molecule has 0 aromatic heterocycles. The van der Waals surface area contributed by atoms with Crippen molar-refractivity contribution in [1.29, 1.82) is 0 Å². The lowest BCUT2D eigenvalue weighted by Gasteiger charge is -2.35. The van der Waals surface area contributed by atoms with Crippen molar-refractivity contribution in [3.05, 3.63) is 0 Å². The number of ether oxygens (including phenoxy) is 1. The van der Waals surface area contributed by atoms with Crippen LogP contribution in [0.3, 0.4) is 0 Å². The van der Waals surface area contributed by atoms with Crippen LogP contribution < -0.4 is 0 Å². The van der Waals surface area contributed by atoms with Crippen LogP contribution in [0.15, 0.2) is 0 Å². The van der Waals surface area contributed by atoms with Gasteiger partial charge in [0.2, 0.25) is 11.8 Å². The molecule has 0 rings (SSSR count). The van der Waals surface area contributed by atoms with Crippen LogP contribution in [0.4, 0.5) is 26.3 Å². The van der Waals surface area contributed by atoms with Crippen molar-refractivity contribution in [3.8, 4) is 0 Å². The minimum absolute atomic E-state index is 0.0128. The van der Waals surface area contributed by atoms with Gasteiger partial charge in [0.25, 0.3) is 0 Å². The molecule has 0 N–H and O–H groups in total. The molecule has 0 saturated heterocycles. The van der Waals surface area contributed by atoms with Crippen LogP contribution in [-0.4, -0.2) is 73.4 Å². The fourth-order valence-electron chi connectivity index (χ4n) is 2.90. The van der Waals surface area contributed by atoms with Crippen molar-refractivity contribution in [2.24, 2.45) is 10.8 Å². The Morgan fingerprint density at radius 2 is 1.10 bits per heavy atom. The zero-order valence-corrected chi connectivity index (χ0v) is 18.3. The van der Waals surface area contributed by atoms with E-state index < -0.39 is 48.1 Å². The fraction of sp³-hybridized carbons (Fsp3) is 0.895. The first-order valence-corrected chi connectivity index (χ1v) is 9.51. The molecule has 5 nitrogen and oxygen atoms in total. The van der Waals surface area contributed by atoms with Gasteiger partial charge >= 0.3 is 12.4 Å². The van der Waals surface area contributed by atoms with Gasteiger partial charge in [-0.05, 0) is 0 Å². The molecule has 0 spiro atoms. The number of halogens is 6. The van der Waals surface area contributed by atoms with E-state index in [0.29, 0.717) is 4.90 Å². The molecular formula is C19H32F6N2O3. The summed E-state index contributed by atoms with van der Waals surface area (Å²) in [5.74, 6) is -1.36. The highest BCUT2D eigenvalue weighted by atomic mass is 19.4. The van der Waals surface area contributed by atoms with Gasteiger partial charge in [0, 0.05) is 37.3 Å². The van der Waals surface area contributed by atoms with E-state index in [1.54, 1.807) is 27.7 Å². The van der Waals surface area contributed by atoms with E-state index in [4.69, 9.17) is 4.74 Å². The second-order valence-corrected chi connectivity index (χ2v) is 9.03. The summed E-state index contributed by atoms with van der Waals surface area (Å²) in [4.78, 5) is 24.8. The Balaban J connectivity index is 4.91. The van der Waals surface area contributed by atoms with E-state index in [1.165, 1.54) is 6.92 Å². The zero-order valence-electron chi connectivity index (χ0n) is 18.3. The van der Waals surface area contributed by atoms with E-state index >= 15 is 0 Å². The molecule has 0 bridgehead atoms. The Bertz CT molecular complexity index is 574. The maximum atomic E-state index is 12.8. The molecule has 178 valence electrons. The molecule has 2 amide bonds. The van der Waals surface area contributed by atoms with E-state index in [9.17, 15) is 35.9 Å². The SMILES string of the molecule is CCC(=O)N(CC(F)(F)F)CC(C)(C)COCC(C)(C)CN(CC(F)(F)F)C(C)=O. The maximum Gasteiger partial charge on any atom is 0.406 e. The average Bonchev–Trinajstić information content (AvgIpc) is 2.48. The molecule has 0 aliphatic rings. The normalized spacial score (nSPS) is 13.3. The van der Waals surface area contributed by atoms with Crippen LogP contribution in [0.25, 0.3) is 0 Å². The predicted molar refractivity (Wildman–Crippen MR) is 99.6 cm³/mol. The Kier molecular flexibility index (Phi) is 10.1. The predicted octanol–water partition coefficient (Wildman–Crippen LogP) is 4.27. The molecule has 0 aromatic rings. The molecule has 0 aliphatic carbocycles. The molecule has 11 heteroatoms. The standard InChI is InChI=1S/C19H32F6N2O3/c1-7-15(29)27(11-19(23,24)25)9-17(5,6)13-30-12-16(3,4)8-26(14(2)28)10-18(20,21)22/h7-13H2,1-6H3. The van der Waals surface area contributed by atoms with Crippen LogP contribution in [0.1, 0.15) is 48.0 Å².